The topological polar surface area (TPSA) is 21.1 Å². The minimum Gasteiger partial charge on any atom is -0.295 e. The van der Waals surface area contributed by atoms with Crippen molar-refractivity contribution in [2.45, 2.75) is 52.1 Å². The van der Waals surface area contributed by atoms with Gasteiger partial charge in [0.15, 0.2) is 0 Å². The summed E-state index contributed by atoms with van der Waals surface area (Å²) in [5.74, 6) is 0. The third-order valence-electron chi connectivity index (χ3n) is 3.81. The quantitative estimate of drug-likeness (QED) is 0.836. The van der Waals surface area contributed by atoms with Crippen LogP contribution >= 0.6 is 15.9 Å². The summed E-state index contributed by atoms with van der Waals surface area (Å²) in [7, 11) is 2.04. The van der Waals surface area contributed by atoms with Crippen LogP contribution in [0.1, 0.15) is 44.0 Å². The molecule has 0 N–H and O–H groups in total. The number of hydrogen-bond acceptors (Lipinski definition) is 2. The summed E-state index contributed by atoms with van der Waals surface area (Å²) in [5, 5.41) is 4.47. The third-order valence-corrected chi connectivity index (χ3v) is 4.84. The van der Waals surface area contributed by atoms with E-state index in [9.17, 15) is 0 Å². The van der Waals surface area contributed by atoms with Crippen LogP contribution in [0.2, 0.25) is 0 Å². The Kier molecular flexibility index (Phi) is 4.26. The second-order valence-electron chi connectivity index (χ2n) is 5.14. The molecular formula is C13H22BrN3. The highest BCUT2D eigenvalue weighted by Gasteiger charge is 2.20. The van der Waals surface area contributed by atoms with E-state index in [-0.39, 0.29) is 0 Å². The molecule has 1 unspecified atom stereocenters. The van der Waals surface area contributed by atoms with E-state index in [0.717, 1.165) is 12.2 Å². The second kappa shape index (κ2) is 5.53. The summed E-state index contributed by atoms with van der Waals surface area (Å²) >= 11 is 3.66. The van der Waals surface area contributed by atoms with Crippen LogP contribution in [0.15, 0.2) is 4.47 Å². The van der Waals surface area contributed by atoms with Gasteiger partial charge in [-0.15, -0.1) is 0 Å². The molecule has 1 aromatic heterocycles. The first kappa shape index (κ1) is 13.1. The lowest BCUT2D eigenvalue weighted by Crippen LogP contribution is -2.32. The molecule has 17 heavy (non-hydrogen) atoms. The first-order chi connectivity index (χ1) is 8.09. The van der Waals surface area contributed by atoms with Gasteiger partial charge in [-0.1, -0.05) is 12.8 Å². The van der Waals surface area contributed by atoms with Crippen molar-refractivity contribution in [3.63, 3.8) is 0 Å². The van der Waals surface area contributed by atoms with Crippen LogP contribution in [-0.4, -0.2) is 27.3 Å². The largest absolute Gasteiger partial charge is 0.295 e. The van der Waals surface area contributed by atoms with E-state index >= 15 is 0 Å². The van der Waals surface area contributed by atoms with E-state index in [1.807, 2.05) is 11.7 Å². The average Bonchev–Trinajstić information content (AvgIpc) is 2.45. The highest BCUT2D eigenvalue weighted by molar-refractivity contribution is 9.10. The summed E-state index contributed by atoms with van der Waals surface area (Å²) in [4.78, 5) is 2.59. The number of aryl methyl sites for hydroxylation is 2. The van der Waals surface area contributed by atoms with Gasteiger partial charge >= 0.3 is 0 Å². The Bertz CT molecular complexity index is 386. The fourth-order valence-electron chi connectivity index (χ4n) is 2.61. The van der Waals surface area contributed by atoms with Gasteiger partial charge in [0, 0.05) is 19.6 Å². The molecule has 1 atom stereocenters. The van der Waals surface area contributed by atoms with E-state index in [0.29, 0.717) is 6.04 Å². The van der Waals surface area contributed by atoms with E-state index in [4.69, 9.17) is 0 Å². The van der Waals surface area contributed by atoms with E-state index in [1.54, 1.807) is 0 Å². The van der Waals surface area contributed by atoms with Crippen molar-refractivity contribution in [1.29, 1.82) is 0 Å². The second-order valence-corrected chi connectivity index (χ2v) is 5.93. The number of nitrogens with zero attached hydrogens (tertiary/aromatic N) is 3. The zero-order chi connectivity index (χ0) is 12.4. The average molecular weight is 300 g/mol. The van der Waals surface area contributed by atoms with Gasteiger partial charge in [0.25, 0.3) is 0 Å². The zero-order valence-electron chi connectivity index (χ0n) is 11.0. The predicted molar refractivity (Wildman–Crippen MR) is 74.0 cm³/mol. The van der Waals surface area contributed by atoms with Gasteiger partial charge in [0.1, 0.15) is 0 Å². The van der Waals surface area contributed by atoms with Gasteiger partial charge in [-0.2, -0.15) is 5.10 Å². The number of likely N-dealkylation sites (tertiary alicyclic amines) is 1. The third kappa shape index (κ3) is 2.91. The molecule has 96 valence electrons. The van der Waals surface area contributed by atoms with Crippen LogP contribution in [0.25, 0.3) is 0 Å². The summed E-state index contributed by atoms with van der Waals surface area (Å²) in [6.45, 7) is 6.64. The molecule has 0 bridgehead atoms. The van der Waals surface area contributed by atoms with Crippen molar-refractivity contribution in [3.8, 4) is 0 Å². The lowest BCUT2D eigenvalue weighted by molar-refractivity contribution is 0.199. The summed E-state index contributed by atoms with van der Waals surface area (Å²) in [6.07, 6.45) is 5.42. The minimum absolute atomic E-state index is 0.694. The van der Waals surface area contributed by atoms with Gasteiger partial charge in [-0.3, -0.25) is 9.58 Å². The molecular weight excluding hydrogens is 278 g/mol. The van der Waals surface area contributed by atoms with Crippen LogP contribution in [-0.2, 0) is 13.6 Å². The molecule has 1 aromatic rings. The molecule has 3 nitrogen and oxygen atoms in total. The molecule has 1 fully saturated rings. The SMILES string of the molecule is Cc1nn(C)c(CN2CCCCCC2C)c1Br. The molecule has 4 heteroatoms. The van der Waals surface area contributed by atoms with Crippen LogP contribution < -0.4 is 0 Å². The molecule has 1 saturated heterocycles. The maximum Gasteiger partial charge on any atom is 0.0739 e. The normalized spacial score (nSPS) is 22.7. The molecule has 0 radical (unpaired) electrons. The lowest BCUT2D eigenvalue weighted by Gasteiger charge is -2.26. The Hall–Kier alpha value is -0.350. The molecule has 1 aliphatic heterocycles. The van der Waals surface area contributed by atoms with Gasteiger partial charge in [-0.05, 0) is 49.2 Å². The summed E-state index contributed by atoms with van der Waals surface area (Å²) < 4.78 is 3.19. The smallest absolute Gasteiger partial charge is 0.0739 e. The Morgan fingerprint density at radius 3 is 2.76 bits per heavy atom. The van der Waals surface area contributed by atoms with Crippen LogP contribution in [0.4, 0.5) is 0 Å². The molecule has 1 aliphatic rings. The first-order valence-electron chi connectivity index (χ1n) is 6.51. The lowest BCUT2D eigenvalue weighted by atomic mass is 10.1. The number of aromatic nitrogens is 2. The highest BCUT2D eigenvalue weighted by Crippen LogP contribution is 2.24. The monoisotopic (exact) mass is 299 g/mol. The number of rotatable bonds is 2. The molecule has 0 aromatic carbocycles. The molecule has 0 spiro atoms. The van der Waals surface area contributed by atoms with Gasteiger partial charge in [0.2, 0.25) is 0 Å². The number of hydrogen-bond donors (Lipinski definition) is 0. The van der Waals surface area contributed by atoms with Crippen LogP contribution in [0.5, 0.6) is 0 Å². The highest BCUT2D eigenvalue weighted by atomic mass is 79.9. The minimum atomic E-state index is 0.694. The first-order valence-corrected chi connectivity index (χ1v) is 7.31. The van der Waals surface area contributed by atoms with Crippen molar-refractivity contribution in [3.05, 3.63) is 15.9 Å². The van der Waals surface area contributed by atoms with E-state index in [2.05, 4.69) is 39.8 Å². The predicted octanol–water partition coefficient (Wildman–Crippen LogP) is 3.26. The Balaban J connectivity index is 2.13. The van der Waals surface area contributed by atoms with Crippen molar-refractivity contribution >= 4 is 15.9 Å². The van der Waals surface area contributed by atoms with Gasteiger partial charge in [0.05, 0.1) is 15.9 Å². The summed E-state index contributed by atoms with van der Waals surface area (Å²) in [6, 6.07) is 0.694. The Morgan fingerprint density at radius 2 is 2.12 bits per heavy atom. The molecule has 2 rings (SSSR count). The van der Waals surface area contributed by atoms with E-state index in [1.165, 1.54) is 42.4 Å². The molecule has 2 heterocycles. The maximum absolute atomic E-state index is 4.47. The van der Waals surface area contributed by atoms with Crippen molar-refractivity contribution in [2.75, 3.05) is 6.54 Å². The maximum atomic E-state index is 4.47. The van der Waals surface area contributed by atoms with Crippen molar-refractivity contribution in [1.82, 2.24) is 14.7 Å². The van der Waals surface area contributed by atoms with Gasteiger partial charge in [-0.25, -0.2) is 0 Å². The van der Waals surface area contributed by atoms with Gasteiger partial charge < -0.3 is 0 Å². The zero-order valence-corrected chi connectivity index (χ0v) is 12.6. The van der Waals surface area contributed by atoms with Crippen LogP contribution in [0.3, 0.4) is 0 Å². The fraction of sp³-hybridized carbons (Fsp3) is 0.769. The fourth-order valence-corrected chi connectivity index (χ4v) is 3.07. The Labute approximate surface area is 112 Å². The van der Waals surface area contributed by atoms with Crippen molar-refractivity contribution < 1.29 is 0 Å². The number of halogens is 1. The summed E-state index contributed by atoms with van der Waals surface area (Å²) in [5.41, 5.74) is 2.39. The van der Waals surface area contributed by atoms with Crippen molar-refractivity contribution in [2.24, 2.45) is 7.05 Å². The Morgan fingerprint density at radius 1 is 1.35 bits per heavy atom. The molecule has 0 saturated carbocycles. The molecule has 0 amide bonds. The standard InChI is InChI=1S/C13H22BrN3/c1-10-7-5-4-6-8-17(10)9-12-13(14)11(2)15-16(12)3/h10H,4-9H2,1-3H3. The molecule has 0 aliphatic carbocycles. The van der Waals surface area contributed by atoms with Crippen LogP contribution in [0, 0.1) is 6.92 Å². The van der Waals surface area contributed by atoms with E-state index < -0.39 is 0 Å².